The van der Waals surface area contributed by atoms with Crippen LogP contribution in [-0.2, 0) is 0 Å². The van der Waals surface area contributed by atoms with Gasteiger partial charge in [-0.05, 0) is 29.9 Å². The molecule has 1 fully saturated rings. The molecule has 2 nitrogen and oxygen atoms in total. The van der Waals surface area contributed by atoms with Gasteiger partial charge in [-0.3, -0.25) is 4.98 Å². The summed E-state index contributed by atoms with van der Waals surface area (Å²) in [5, 5.41) is 12.0. The molecule has 3 heteroatoms. The molecular weight excluding hydrogens is 206 g/mol. The van der Waals surface area contributed by atoms with Crippen LogP contribution in [0.25, 0.3) is 10.2 Å². The molecule has 1 saturated carbocycles. The van der Waals surface area contributed by atoms with Crippen molar-refractivity contribution in [2.75, 3.05) is 0 Å². The number of rotatable bonds is 3. The van der Waals surface area contributed by atoms with Crippen molar-refractivity contribution in [3.63, 3.8) is 0 Å². The lowest BCUT2D eigenvalue weighted by Gasteiger charge is -2.09. The summed E-state index contributed by atoms with van der Waals surface area (Å²) in [5.41, 5.74) is 2.00. The summed E-state index contributed by atoms with van der Waals surface area (Å²) in [6.07, 6.45) is 4.95. The zero-order valence-corrected chi connectivity index (χ0v) is 9.20. The van der Waals surface area contributed by atoms with Crippen LogP contribution in [0.2, 0.25) is 0 Å². The lowest BCUT2D eigenvalue weighted by Crippen LogP contribution is -1.98. The number of thiophene rings is 1. The standard InChI is InChI=1S/C12H13NOS/c14-11(5-8-1-2-8)9-6-12-10(13-7-9)3-4-15-12/h3-4,6-8,11,14H,1-2,5H2. The lowest BCUT2D eigenvalue weighted by atomic mass is 10.1. The Morgan fingerprint density at radius 1 is 1.53 bits per heavy atom. The van der Waals surface area contributed by atoms with Crippen molar-refractivity contribution in [3.8, 4) is 0 Å². The number of aliphatic hydroxyl groups is 1. The van der Waals surface area contributed by atoms with Gasteiger partial charge in [-0.15, -0.1) is 11.3 Å². The van der Waals surface area contributed by atoms with Crippen molar-refractivity contribution in [3.05, 3.63) is 29.3 Å². The van der Waals surface area contributed by atoms with E-state index in [1.54, 1.807) is 11.3 Å². The SMILES string of the molecule is OC(CC1CC1)c1cnc2ccsc2c1. The molecule has 1 N–H and O–H groups in total. The number of fused-ring (bicyclic) bond motifs is 1. The number of pyridine rings is 1. The third-order valence-corrected chi connectivity index (χ3v) is 3.82. The van der Waals surface area contributed by atoms with E-state index in [1.165, 1.54) is 17.5 Å². The second kappa shape index (κ2) is 3.58. The topological polar surface area (TPSA) is 33.1 Å². The van der Waals surface area contributed by atoms with Crippen molar-refractivity contribution in [1.82, 2.24) is 4.98 Å². The van der Waals surface area contributed by atoms with Gasteiger partial charge in [0.1, 0.15) is 0 Å². The average molecular weight is 219 g/mol. The Balaban J connectivity index is 1.88. The van der Waals surface area contributed by atoms with Crippen molar-refractivity contribution in [2.24, 2.45) is 5.92 Å². The monoisotopic (exact) mass is 219 g/mol. The molecule has 0 bridgehead atoms. The van der Waals surface area contributed by atoms with Crippen molar-refractivity contribution in [1.29, 1.82) is 0 Å². The molecule has 0 aromatic carbocycles. The van der Waals surface area contributed by atoms with E-state index in [2.05, 4.69) is 11.1 Å². The van der Waals surface area contributed by atoms with E-state index < -0.39 is 0 Å². The molecule has 15 heavy (non-hydrogen) atoms. The minimum atomic E-state index is -0.323. The van der Waals surface area contributed by atoms with Gasteiger partial charge in [-0.2, -0.15) is 0 Å². The predicted molar refractivity (Wildman–Crippen MR) is 61.9 cm³/mol. The van der Waals surface area contributed by atoms with E-state index in [1.807, 2.05) is 17.6 Å². The van der Waals surface area contributed by atoms with Crippen LogP contribution in [-0.4, -0.2) is 10.1 Å². The molecule has 0 aliphatic heterocycles. The van der Waals surface area contributed by atoms with Gasteiger partial charge in [0.15, 0.2) is 0 Å². The highest BCUT2D eigenvalue weighted by atomic mass is 32.1. The molecule has 0 saturated heterocycles. The number of hydrogen-bond acceptors (Lipinski definition) is 3. The Morgan fingerprint density at radius 2 is 2.40 bits per heavy atom. The van der Waals surface area contributed by atoms with E-state index in [4.69, 9.17) is 0 Å². The minimum absolute atomic E-state index is 0.323. The van der Waals surface area contributed by atoms with Crippen LogP contribution in [0.15, 0.2) is 23.7 Å². The molecule has 0 amide bonds. The molecule has 1 aliphatic rings. The van der Waals surface area contributed by atoms with E-state index in [0.717, 1.165) is 23.4 Å². The van der Waals surface area contributed by atoms with Crippen LogP contribution < -0.4 is 0 Å². The van der Waals surface area contributed by atoms with Gasteiger partial charge in [0.2, 0.25) is 0 Å². The van der Waals surface area contributed by atoms with Gasteiger partial charge < -0.3 is 5.11 Å². The average Bonchev–Trinajstić information content (AvgIpc) is 2.94. The number of aliphatic hydroxyl groups excluding tert-OH is 1. The van der Waals surface area contributed by atoms with Gasteiger partial charge >= 0.3 is 0 Å². The first kappa shape index (κ1) is 9.31. The second-order valence-corrected chi connectivity index (χ2v) is 5.22. The maximum absolute atomic E-state index is 9.99. The van der Waals surface area contributed by atoms with Crippen molar-refractivity contribution < 1.29 is 5.11 Å². The number of nitrogens with zero attached hydrogens (tertiary/aromatic N) is 1. The van der Waals surface area contributed by atoms with Gasteiger partial charge in [-0.1, -0.05) is 12.8 Å². The third-order valence-electron chi connectivity index (χ3n) is 2.96. The van der Waals surface area contributed by atoms with E-state index in [9.17, 15) is 5.11 Å². The summed E-state index contributed by atoms with van der Waals surface area (Å²) >= 11 is 1.68. The first-order chi connectivity index (χ1) is 7.33. The van der Waals surface area contributed by atoms with Crippen LogP contribution in [0, 0.1) is 5.92 Å². The summed E-state index contributed by atoms with van der Waals surface area (Å²) in [6.45, 7) is 0. The highest BCUT2D eigenvalue weighted by Gasteiger charge is 2.25. The smallest absolute Gasteiger partial charge is 0.0809 e. The van der Waals surface area contributed by atoms with E-state index in [-0.39, 0.29) is 6.10 Å². The highest BCUT2D eigenvalue weighted by molar-refractivity contribution is 7.17. The predicted octanol–water partition coefficient (Wildman–Crippen LogP) is 3.13. The van der Waals surface area contributed by atoms with Gasteiger partial charge in [-0.25, -0.2) is 0 Å². The Hall–Kier alpha value is -0.930. The molecule has 1 aliphatic carbocycles. The van der Waals surface area contributed by atoms with E-state index >= 15 is 0 Å². The molecule has 0 radical (unpaired) electrons. The van der Waals surface area contributed by atoms with Crippen molar-refractivity contribution >= 4 is 21.6 Å². The fraction of sp³-hybridized carbons (Fsp3) is 0.417. The zero-order chi connectivity index (χ0) is 10.3. The fourth-order valence-corrected chi connectivity index (χ4v) is 2.64. The van der Waals surface area contributed by atoms with Gasteiger partial charge in [0.25, 0.3) is 0 Å². The minimum Gasteiger partial charge on any atom is -0.388 e. The maximum atomic E-state index is 9.99. The Kier molecular flexibility index (Phi) is 2.22. The molecule has 0 spiro atoms. The quantitative estimate of drug-likeness (QED) is 0.860. The molecule has 1 unspecified atom stereocenters. The highest BCUT2D eigenvalue weighted by Crippen LogP contribution is 2.37. The largest absolute Gasteiger partial charge is 0.388 e. The Bertz CT molecular complexity index is 475. The first-order valence-corrected chi connectivity index (χ1v) is 6.22. The summed E-state index contributed by atoms with van der Waals surface area (Å²) in [5.74, 6) is 0.749. The van der Waals surface area contributed by atoms with Crippen LogP contribution in [0.5, 0.6) is 0 Å². The van der Waals surface area contributed by atoms with Crippen LogP contribution >= 0.6 is 11.3 Å². The molecule has 3 rings (SSSR count). The molecule has 2 heterocycles. The zero-order valence-electron chi connectivity index (χ0n) is 8.39. The molecule has 2 aromatic rings. The first-order valence-electron chi connectivity index (χ1n) is 5.34. The van der Waals surface area contributed by atoms with Crippen LogP contribution in [0.4, 0.5) is 0 Å². The Labute approximate surface area is 92.6 Å². The summed E-state index contributed by atoms with van der Waals surface area (Å²) in [7, 11) is 0. The number of aromatic nitrogens is 1. The van der Waals surface area contributed by atoms with Gasteiger partial charge in [0.05, 0.1) is 16.3 Å². The summed E-state index contributed by atoms with van der Waals surface area (Å²) in [6, 6.07) is 4.08. The summed E-state index contributed by atoms with van der Waals surface area (Å²) < 4.78 is 1.17. The normalized spacial score (nSPS) is 18.2. The molecule has 1 atom stereocenters. The maximum Gasteiger partial charge on any atom is 0.0809 e. The Morgan fingerprint density at radius 3 is 3.20 bits per heavy atom. The summed E-state index contributed by atoms with van der Waals surface area (Å²) in [4.78, 5) is 4.34. The van der Waals surface area contributed by atoms with E-state index in [0.29, 0.717) is 0 Å². The van der Waals surface area contributed by atoms with Crippen molar-refractivity contribution in [2.45, 2.75) is 25.4 Å². The van der Waals surface area contributed by atoms with Crippen LogP contribution in [0.1, 0.15) is 30.9 Å². The molecule has 78 valence electrons. The van der Waals surface area contributed by atoms with Crippen LogP contribution in [0.3, 0.4) is 0 Å². The molecular formula is C12H13NOS. The molecule has 2 aromatic heterocycles. The fourth-order valence-electron chi connectivity index (χ4n) is 1.85. The van der Waals surface area contributed by atoms with Gasteiger partial charge in [0, 0.05) is 11.8 Å². The lowest BCUT2D eigenvalue weighted by molar-refractivity contribution is 0.160. The second-order valence-electron chi connectivity index (χ2n) is 4.27. The number of hydrogen-bond donors (Lipinski definition) is 1. The third kappa shape index (κ3) is 1.90.